The molecule has 6 heteroatoms. The number of nitrogens with one attached hydrogen (secondary N) is 1. The van der Waals surface area contributed by atoms with Crippen LogP contribution in [-0.4, -0.2) is 28.8 Å². The summed E-state index contributed by atoms with van der Waals surface area (Å²) in [5.74, 6) is 0.318. The van der Waals surface area contributed by atoms with Crippen molar-refractivity contribution in [2.75, 3.05) is 13.2 Å². The molecule has 0 fully saturated rings. The van der Waals surface area contributed by atoms with E-state index in [0.717, 1.165) is 10.8 Å². The number of hydrogen-bond donors (Lipinski definition) is 1. The Labute approximate surface area is 145 Å². The van der Waals surface area contributed by atoms with Crippen molar-refractivity contribution in [3.63, 3.8) is 0 Å². The zero-order chi connectivity index (χ0) is 17.6. The van der Waals surface area contributed by atoms with E-state index in [-0.39, 0.29) is 11.5 Å². The van der Waals surface area contributed by atoms with Gasteiger partial charge in [0, 0.05) is 18.8 Å². The van der Waals surface area contributed by atoms with Crippen LogP contribution in [-0.2, 0) is 6.54 Å². The number of hydrogen-bond acceptors (Lipinski definition) is 4. The molecule has 0 saturated carbocycles. The number of ether oxygens (including phenoxy) is 1. The van der Waals surface area contributed by atoms with Crippen LogP contribution in [0, 0.1) is 0 Å². The maximum atomic E-state index is 12.7. The molecule has 0 saturated heterocycles. The standard InChI is InChI=1S/C19H19N3O3/c1-2-25-16-10-9-14-6-3-4-7-15(14)18(16)19(24)20-12-13-22-17(23)8-5-11-21-22/h3-11H,2,12-13H2,1H3,(H,20,24). The van der Waals surface area contributed by atoms with Gasteiger partial charge in [-0.2, -0.15) is 5.10 Å². The molecule has 3 aromatic rings. The maximum absolute atomic E-state index is 12.7. The minimum absolute atomic E-state index is 0.197. The molecule has 1 aromatic heterocycles. The van der Waals surface area contributed by atoms with Crippen LogP contribution >= 0.6 is 0 Å². The molecule has 128 valence electrons. The molecule has 0 radical (unpaired) electrons. The third-order valence-electron chi connectivity index (χ3n) is 3.81. The average Bonchev–Trinajstić information content (AvgIpc) is 2.63. The summed E-state index contributed by atoms with van der Waals surface area (Å²) in [7, 11) is 0. The second kappa shape index (κ2) is 7.61. The van der Waals surface area contributed by atoms with E-state index in [4.69, 9.17) is 4.74 Å². The van der Waals surface area contributed by atoms with Crippen molar-refractivity contribution in [3.8, 4) is 5.75 Å². The van der Waals surface area contributed by atoms with Crippen molar-refractivity contribution in [1.29, 1.82) is 0 Å². The second-order valence-electron chi connectivity index (χ2n) is 5.43. The van der Waals surface area contributed by atoms with Crippen LogP contribution in [0.5, 0.6) is 5.75 Å². The number of amides is 1. The first-order valence-electron chi connectivity index (χ1n) is 8.15. The summed E-state index contributed by atoms with van der Waals surface area (Å²) >= 11 is 0. The molecule has 25 heavy (non-hydrogen) atoms. The van der Waals surface area contributed by atoms with Crippen LogP contribution in [0.1, 0.15) is 17.3 Å². The summed E-state index contributed by atoms with van der Waals surface area (Å²) in [4.78, 5) is 24.4. The lowest BCUT2D eigenvalue weighted by atomic mass is 10.0. The fourth-order valence-corrected chi connectivity index (χ4v) is 2.68. The number of carbonyl (C=O) groups is 1. The van der Waals surface area contributed by atoms with Gasteiger partial charge in [0.25, 0.3) is 11.5 Å². The lowest BCUT2D eigenvalue weighted by molar-refractivity contribution is 0.0950. The van der Waals surface area contributed by atoms with Crippen molar-refractivity contribution in [2.24, 2.45) is 0 Å². The van der Waals surface area contributed by atoms with Crippen LogP contribution in [0.4, 0.5) is 0 Å². The normalized spacial score (nSPS) is 10.6. The monoisotopic (exact) mass is 337 g/mol. The summed E-state index contributed by atoms with van der Waals surface area (Å²) in [6.07, 6.45) is 1.54. The fourth-order valence-electron chi connectivity index (χ4n) is 2.68. The summed E-state index contributed by atoms with van der Waals surface area (Å²) in [5.41, 5.74) is 0.310. The lowest BCUT2D eigenvalue weighted by Crippen LogP contribution is -2.31. The molecule has 3 rings (SSSR count). The number of carbonyl (C=O) groups excluding carboxylic acids is 1. The zero-order valence-corrected chi connectivity index (χ0v) is 13.9. The Morgan fingerprint density at radius 2 is 2.00 bits per heavy atom. The third kappa shape index (κ3) is 3.68. The van der Waals surface area contributed by atoms with Crippen molar-refractivity contribution >= 4 is 16.7 Å². The van der Waals surface area contributed by atoms with Crippen LogP contribution < -0.4 is 15.6 Å². The van der Waals surface area contributed by atoms with Gasteiger partial charge in [-0.15, -0.1) is 0 Å². The number of fused-ring (bicyclic) bond motifs is 1. The molecule has 1 N–H and O–H groups in total. The smallest absolute Gasteiger partial charge is 0.266 e. The number of nitrogens with zero attached hydrogens (tertiary/aromatic N) is 2. The van der Waals surface area contributed by atoms with Gasteiger partial charge in [0.15, 0.2) is 0 Å². The van der Waals surface area contributed by atoms with E-state index in [1.165, 1.54) is 10.7 Å². The molecule has 0 aliphatic rings. The molecule has 0 atom stereocenters. The number of rotatable bonds is 6. The highest BCUT2D eigenvalue weighted by Crippen LogP contribution is 2.28. The highest BCUT2D eigenvalue weighted by atomic mass is 16.5. The van der Waals surface area contributed by atoms with E-state index >= 15 is 0 Å². The van der Waals surface area contributed by atoms with Crippen LogP contribution in [0.3, 0.4) is 0 Å². The molecule has 0 unspecified atom stereocenters. The van der Waals surface area contributed by atoms with E-state index in [9.17, 15) is 9.59 Å². The molecule has 0 aliphatic carbocycles. The third-order valence-corrected chi connectivity index (χ3v) is 3.81. The lowest BCUT2D eigenvalue weighted by Gasteiger charge is -2.13. The largest absolute Gasteiger partial charge is 0.493 e. The molecular weight excluding hydrogens is 318 g/mol. The van der Waals surface area contributed by atoms with E-state index in [0.29, 0.717) is 31.0 Å². The molecule has 1 heterocycles. The molecule has 2 aromatic carbocycles. The van der Waals surface area contributed by atoms with Gasteiger partial charge in [-0.3, -0.25) is 9.59 Å². The van der Waals surface area contributed by atoms with Gasteiger partial charge in [-0.25, -0.2) is 4.68 Å². The second-order valence-corrected chi connectivity index (χ2v) is 5.43. The highest BCUT2D eigenvalue weighted by molar-refractivity contribution is 6.09. The average molecular weight is 337 g/mol. The first kappa shape index (κ1) is 16.7. The minimum Gasteiger partial charge on any atom is -0.493 e. The Morgan fingerprint density at radius 1 is 1.16 bits per heavy atom. The minimum atomic E-state index is -0.232. The van der Waals surface area contributed by atoms with E-state index in [2.05, 4.69) is 10.4 Å². The quantitative estimate of drug-likeness (QED) is 0.748. The zero-order valence-electron chi connectivity index (χ0n) is 13.9. The van der Waals surface area contributed by atoms with Crippen molar-refractivity contribution in [2.45, 2.75) is 13.5 Å². The molecule has 0 bridgehead atoms. The van der Waals surface area contributed by atoms with Gasteiger partial charge in [0.2, 0.25) is 0 Å². The fraction of sp³-hybridized carbons (Fsp3) is 0.211. The van der Waals surface area contributed by atoms with Gasteiger partial charge in [0.1, 0.15) is 5.75 Å². The number of benzene rings is 2. The summed E-state index contributed by atoms with van der Waals surface area (Å²) < 4.78 is 6.93. The van der Waals surface area contributed by atoms with E-state index in [1.807, 2.05) is 43.3 Å². The van der Waals surface area contributed by atoms with E-state index < -0.39 is 0 Å². The van der Waals surface area contributed by atoms with Gasteiger partial charge in [-0.1, -0.05) is 30.3 Å². The first-order valence-corrected chi connectivity index (χ1v) is 8.15. The molecule has 6 nitrogen and oxygen atoms in total. The van der Waals surface area contributed by atoms with Crippen molar-refractivity contribution in [1.82, 2.24) is 15.1 Å². The van der Waals surface area contributed by atoms with Crippen LogP contribution in [0.25, 0.3) is 10.8 Å². The Bertz CT molecular complexity index is 950. The predicted molar refractivity (Wildman–Crippen MR) is 95.9 cm³/mol. The van der Waals surface area contributed by atoms with E-state index in [1.54, 1.807) is 12.3 Å². The molecule has 0 aliphatic heterocycles. The van der Waals surface area contributed by atoms with Crippen LogP contribution in [0.15, 0.2) is 59.5 Å². The summed E-state index contributed by atoms with van der Waals surface area (Å²) in [6.45, 7) is 2.96. The van der Waals surface area contributed by atoms with Crippen molar-refractivity contribution in [3.05, 3.63) is 70.6 Å². The summed E-state index contributed by atoms with van der Waals surface area (Å²) in [6, 6.07) is 14.4. The number of aromatic nitrogens is 2. The molecule has 0 spiro atoms. The topological polar surface area (TPSA) is 73.2 Å². The predicted octanol–water partition coefficient (Wildman–Crippen LogP) is 2.23. The van der Waals surface area contributed by atoms with Gasteiger partial charge in [0.05, 0.1) is 18.7 Å². The SMILES string of the molecule is CCOc1ccc2ccccc2c1C(=O)NCCn1ncccc1=O. The molecular formula is C19H19N3O3. The van der Waals surface area contributed by atoms with Gasteiger partial charge < -0.3 is 10.1 Å². The van der Waals surface area contributed by atoms with Gasteiger partial charge in [-0.05, 0) is 29.8 Å². The Balaban J connectivity index is 1.82. The highest BCUT2D eigenvalue weighted by Gasteiger charge is 2.16. The Hall–Kier alpha value is -3.15. The molecule has 1 amide bonds. The maximum Gasteiger partial charge on any atom is 0.266 e. The Kier molecular flexibility index (Phi) is 5.09. The first-order chi connectivity index (χ1) is 12.2. The van der Waals surface area contributed by atoms with Gasteiger partial charge >= 0.3 is 0 Å². The van der Waals surface area contributed by atoms with Crippen LogP contribution in [0.2, 0.25) is 0 Å². The van der Waals surface area contributed by atoms with Crippen molar-refractivity contribution < 1.29 is 9.53 Å². The Morgan fingerprint density at radius 3 is 2.80 bits per heavy atom. The summed E-state index contributed by atoms with van der Waals surface area (Å²) in [5, 5.41) is 8.62.